The van der Waals surface area contributed by atoms with Crippen molar-refractivity contribution in [2.24, 2.45) is 5.41 Å². The second-order valence-electron chi connectivity index (χ2n) is 10.5. The van der Waals surface area contributed by atoms with E-state index in [0.29, 0.717) is 5.69 Å². The molecule has 176 valence electrons. The molecule has 2 aliphatic heterocycles. The van der Waals surface area contributed by atoms with Crippen LogP contribution in [0.25, 0.3) is 0 Å². The SMILES string of the molecule is CCCCc1cc(C(=O)N2[C@@H](Cc3ccccc3)[C@@H]3C[C@@]4(C)[C@H](CCC[C@@H]24)N3C(C)=O)n[nH]1. The van der Waals surface area contributed by atoms with Crippen molar-refractivity contribution in [2.75, 3.05) is 0 Å². The van der Waals surface area contributed by atoms with Gasteiger partial charge in [-0.25, -0.2) is 0 Å². The topological polar surface area (TPSA) is 69.3 Å². The van der Waals surface area contributed by atoms with Crippen LogP contribution in [0.5, 0.6) is 0 Å². The lowest BCUT2D eigenvalue weighted by atomic mass is 9.64. The summed E-state index contributed by atoms with van der Waals surface area (Å²) in [7, 11) is 0. The maximum Gasteiger partial charge on any atom is 0.274 e. The number of aromatic amines is 1. The molecule has 33 heavy (non-hydrogen) atoms. The molecule has 1 N–H and O–H groups in total. The molecule has 1 aromatic carbocycles. The Bertz CT molecular complexity index is 1020. The molecule has 0 spiro atoms. The number of fused-ring (bicyclic) bond motifs is 1. The van der Waals surface area contributed by atoms with E-state index in [-0.39, 0.29) is 41.4 Å². The minimum atomic E-state index is -0.0568. The second kappa shape index (κ2) is 8.62. The van der Waals surface area contributed by atoms with Crippen LogP contribution in [0.3, 0.4) is 0 Å². The van der Waals surface area contributed by atoms with Crippen molar-refractivity contribution in [3.8, 4) is 0 Å². The summed E-state index contributed by atoms with van der Waals surface area (Å²) >= 11 is 0. The molecule has 5 rings (SSSR count). The number of hydrogen-bond donors (Lipinski definition) is 1. The standard InChI is InChI=1S/C27H36N4O2/c1-4-5-12-20-16-21(29-28-20)26(33)31-22(15-19-10-7-6-8-11-19)23-17-27(3)24(30(23)18(2)32)13-9-14-25(27)31/h6-8,10-11,16,22-25H,4-5,9,12-15,17H2,1-3H3,(H,28,29)/t22-,23-,24-,25+,27-/m0/s1. The van der Waals surface area contributed by atoms with Gasteiger partial charge in [-0.1, -0.05) is 50.6 Å². The van der Waals surface area contributed by atoms with Crippen molar-refractivity contribution in [1.82, 2.24) is 20.0 Å². The Morgan fingerprint density at radius 1 is 1.15 bits per heavy atom. The number of piperidine rings is 1. The molecule has 1 aromatic heterocycles. The average molecular weight is 449 g/mol. The van der Waals surface area contributed by atoms with Crippen LogP contribution in [0, 0.1) is 5.41 Å². The summed E-state index contributed by atoms with van der Waals surface area (Å²) in [4.78, 5) is 31.2. The van der Waals surface area contributed by atoms with E-state index in [1.54, 1.807) is 6.92 Å². The Hall–Kier alpha value is -2.63. The summed E-state index contributed by atoms with van der Waals surface area (Å²) in [5, 5.41) is 7.54. The molecular weight excluding hydrogens is 412 g/mol. The van der Waals surface area contributed by atoms with Crippen molar-refractivity contribution < 1.29 is 9.59 Å². The Morgan fingerprint density at radius 3 is 2.58 bits per heavy atom. The van der Waals surface area contributed by atoms with Crippen LogP contribution >= 0.6 is 0 Å². The Kier molecular flexibility index (Phi) is 5.79. The third-order valence-electron chi connectivity index (χ3n) is 8.49. The highest BCUT2D eigenvalue weighted by Gasteiger charge is 2.64. The number of H-pyrrole nitrogens is 1. The van der Waals surface area contributed by atoms with E-state index >= 15 is 0 Å². The molecule has 3 heterocycles. The van der Waals surface area contributed by atoms with Gasteiger partial charge in [-0.3, -0.25) is 14.7 Å². The molecule has 2 amide bonds. The maximum absolute atomic E-state index is 14.1. The minimum Gasteiger partial charge on any atom is -0.334 e. The first-order valence-electron chi connectivity index (χ1n) is 12.6. The van der Waals surface area contributed by atoms with Crippen molar-refractivity contribution in [2.45, 2.75) is 96.3 Å². The van der Waals surface area contributed by atoms with Crippen molar-refractivity contribution in [1.29, 1.82) is 0 Å². The molecule has 6 heteroatoms. The highest BCUT2D eigenvalue weighted by atomic mass is 16.2. The molecule has 2 bridgehead atoms. The number of rotatable bonds is 6. The summed E-state index contributed by atoms with van der Waals surface area (Å²) in [6, 6.07) is 12.7. The van der Waals surface area contributed by atoms with E-state index in [9.17, 15) is 9.59 Å². The molecule has 1 saturated carbocycles. The first-order valence-corrected chi connectivity index (χ1v) is 12.6. The predicted octanol–water partition coefficient (Wildman–Crippen LogP) is 4.37. The smallest absolute Gasteiger partial charge is 0.274 e. The third kappa shape index (κ3) is 3.68. The highest BCUT2D eigenvalue weighted by molar-refractivity contribution is 5.93. The molecule has 0 unspecified atom stereocenters. The van der Waals surface area contributed by atoms with E-state index in [1.807, 2.05) is 12.1 Å². The normalized spacial score (nSPS) is 30.5. The van der Waals surface area contributed by atoms with Gasteiger partial charge in [0.15, 0.2) is 0 Å². The van der Waals surface area contributed by atoms with Crippen LogP contribution in [0.15, 0.2) is 36.4 Å². The molecule has 3 aliphatic rings. The van der Waals surface area contributed by atoms with Crippen LogP contribution in [0.1, 0.15) is 81.0 Å². The molecule has 2 aromatic rings. The number of carbonyl (C=O) groups is 2. The van der Waals surface area contributed by atoms with Gasteiger partial charge in [-0.15, -0.1) is 0 Å². The number of hydrogen-bond acceptors (Lipinski definition) is 3. The van der Waals surface area contributed by atoms with E-state index in [1.165, 1.54) is 5.56 Å². The molecule has 0 radical (unpaired) electrons. The van der Waals surface area contributed by atoms with Gasteiger partial charge < -0.3 is 9.80 Å². The van der Waals surface area contributed by atoms with E-state index < -0.39 is 0 Å². The number of amides is 2. The van der Waals surface area contributed by atoms with Crippen LogP contribution in [0.2, 0.25) is 0 Å². The number of nitrogens with zero attached hydrogens (tertiary/aromatic N) is 3. The molecule has 6 nitrogen and oxygen atoms in total. The highest BCUT2D eigenvalue weighted by Crippen LogP contribution is 2.56. The van der Waals surface area contributed by atoms with Gasteiger partial charge in [0.2, 0.25) is 5.91 Å². The van der Waals surface area contributed by atoms with Crippen LogP contribution < -0.4 is 0 Å². The van der Waals surface area contributed by atoms with Crippen LogP contribution in [-0.2, 0) is 17.6 Å². The zero-order valence-corrected chi connectivity index (χ0v) is 20.1. The first kappa shape index (κ1) is 22.2. The maximum atomic E-state index is 14.1. The van der Waals surface area contributed by atoms with E-state index in [0.717, 1.165) is 57.1 Å². The minimum absolute atomic E-state index is 0.0157. The van der Waals surface area contributed by atoms with E-state index in [2.05, 4.69) is 58.1 Å². The number of nitrogens with one attached hydrogen (secondary N) is 1. The Morgan fingerprint density at radius 2 is 1.88 bits per heavy atom. The second-order valence-corrected chi connectivity index (χ2v) is 10.5. The van der Waals surface area contributed by atoms with Gasteiger partial charge in [0.25, 0.3) is 5.91 Å². The number of benzene rings is 1. The lowest BCUT2D eigenvalue weighted by Crippen LogP contribution is -2.62. The zero-order chi connectivity index (χ0) is 23.2. The Balaban J connectivity index is 1.55. The summed E-state index contributed by atoms with van der Waals surface area (Å²) < 4.78 is 0. The Labute approximate surface area is 196 Å². The summed E-state index contributed by atoms with van der Waals surface area (Å²) in [6.45, 7) is 6.18. The zero-order valence-electron chi connectivity index (χ0n) is 20.1. The third-order valence-corrected chi connectivity index (χ3v) is 8.49. The first-order chi connectivity index (χ1) is 15.9. The summed E-state index contributed by atoms with van der Waals surface area (Å²) in [5.41, 5.74) is 2.69. The van der Waals surface area contributed by atoms with Crippen LogP contribution in [0.4, 0.5) is 0 Å². The van der Waals surface area contributed by atoms with E-state index in [4.69, 9.17) is 0 Å². The van der Waals surface area contributed by atoms with Crippen molar-refractivity contribution in [3.05, 3.63) is 53.3 Å². The quantitative estimate of drug-likeness (QED) is 0.714. The van der Waals surface area contributed by atoms with Crippen molar-refractivity contribution >= 4 is 11.8 Å². The lowest BCUT2D eigenvalue weighted by molar-refractivity contribution is -0.133. The number of carbonyl (C=O) groups excluding carboxylic acids is 2. The monoisotopic (exact) mass is 448 g/mol. The number of aryl methyl sites for hydroxylation is 1. The molecule has 2 saturated heterocycles. The fraction of sp³-hybridized carbons (Fsp3) is 0.593. The number of likely N-dealkylation sites (tertiary alicyclic amines) is 2. The molecule has 3 fully saturated rings. The summed E-state index contributed by atoms with van der Waals surface area (Å²) in [6.07, 6.45) is 7.91. The fourth-order valence-electron chi connectivity index (χ4n) is 7.02. The van der Waals surface area contributed by atoms with Crippen LogP contribution in [-0.4, -0.2) is 56.0 Å². The molecule has 1 aliphatic carbocycles. The van der Waals surface area contributed by atoms with Crippen molar-refractivity contribution in [3.63, 3.8) is 0 Å². The summed E-state index contributed by atoms with van der Waals surface area (Å²) in [5.74, 6) is 0.158. The average Bonchev–Trinajstić information content (AvgIpc) is 3.40. The largest absolute Gasteiger partial charge is 0.334 e. The van der Waals surface area contributed by atoms with Gasteiger partial charge >= 0.3 is 0 Å². The number of unbranched alkanes of at least 4 members (excludes halogenated alkanes) is 1. The van der Waals surface area contributed by atoms with Gasteiger partial charge in [-0.05, 0) is 56.6 Å². The fourth-order valence-corrected chi connectivity index (χ4v) is 7.02. The predicted molar refractivity (Wildman–Crippen MR) is 128 cm³/mol. The van der Waals surface area contributed by atoms with Gasteiger partial charge in [0, 0.05) is 30.1 Å². The lowest BCUT2D eigenvalue weighted by Gasteiger charge is -2.52. The van der Waals surface area contributed by atoms with Gasteiger partial charge in [0.05, 0.1) is 12.1 Å². The molecular formula is C27H36N4O2. The molecule has 5 atom stereocenters. The number of aromatic nitrogens is 2. The van der Waals surface area contributed by atoms with Gasteiger partial charge in [-0.2, -0.15) is 5.10 Å². The van der Waals surface area contributed by atoms with Gasteiger partial charge in [0.1, 0.15) is 5.69 Å².